The molecule has 0 radical (unpaired) electrons. The first kappa shape index (κ1) is 15.7. The number of benzene rings is 1. The highest BCUT2D eigenvalue weighted by molar-refractivity contribution is 9.10. The molecule has 2 rings (SSSR count). The zero-order chi connectivity index (χ0) is 15.1. The largest absolute Gasteiger partial charge is 0.483 e. The normalized spacial score (nSPS) is 28.9. The summed E-state index contributed by atoms with van der Waals surface area (Å²) in [5.74, 6) is -0.585. The van der Waals surface area contributed by atoms with Crippen LogP contribution in [0.1, 0.15) is 26.7 Å². The minimum atomic E-state index is -0.571. The van der Waals surface area contributed by atoms with Crippen LogP contribution in [0.2, 0.25) is 0 Å². The molecule has 0 amide bonds. The number of alkyl halides is 1. The van der Waals surface area contributed by atoms with Crippen molar-refractivity contribution in [1.29, 1.82) is 0 Å². The van der Waals surface area contributed by atoms with Crippen LogP contribution >= 0.6 is 31.9 Å². The standard InChI is InChI=1S/C13H14Br2FNO3/c1-3-13(2)11(15)6-12(13)20-10-5-8(16)7(14)4-9(10)17(18)19/h4-5,11-12H,3,6H2,1-2H3. The molecule has 7 heteroatoms. The van der Waals surface area contributed by atoms with Gasteiger partial charge in [0.2, 0.25) is 0 Å². The van der Waals surface area contributed by atoms with E-state index in [0.29, 0.717) is 4.83 Å². The van der Waals surface area contributed by atoms with E-state index >= 15 is 0 Å². The van der Waals surface area contributed by atoms with Gasteiger partial charge in [-0.1, -0.05) is 29.8 Å². The average molecular weight is 411 g/mol. The van der Waals surface area contributed by atoms with Gasteiger partial charge in [-0.2, -0.15) is 0 Å². The number of nitro benzene ring substituents is 1. The molecule has 110 valence electrons. The predicted octanol–water partition coefficient (Wildman–Crippen LogP) is 4.83. The summed E-state index contributed by atoms with van der Waals surface area (Å²) >= 11 is 6.52. The van der Waals surface area contributed by atoms with Crippen LogP contribution in [-0.2, 0) is 0 Å². The molecule has 1 aromatic carbocycles. The maximum absolute atomic E-state index is 13.6. The topological polar surface area (TPSA) is 52.4 Å². The van der Waals surface area contributed by atoms with Gasteiger partial charge in [0.25, 0.3) is 0 Å². The Hall–Kier alpha value is -0.690. The summed E-state index contributed by atoms with van der Waals surface area (Å²) < 4.78 is 19.4. The first-order valence-corrected chi connectivity index (χ1v) is 7.94. The molecule has 20 heavy (non-hydrogen) atoms. The van der Waals surface area contributed by atoms with Crippen molar-refractivity contribution < 1.29 is 14.1 Å². The molecule has 1 aromatic rings. The Morgan fingerprint density at radius 3 is 2.75 bits per heavy atom. The second-order valence-electron chi connectivity index (χ2n) is 5.16. The van der Waals surface area contributed by atoms with Crippen LogP contribution in [0.25, 0.3) is 0 Å². The molecule has 3 atom stereocenters. The van der Waals surface area contributed by atoms with Gasteiger partial charge in [0, 0.05) is 22.4 Å². The molecule has 0 N–H and O–H groups in total. The first-order chi connectivity index (χ1) is 9.29. The maximum Gasteiger partial charge on any atom is 0.312 e. The van der Waals surface area contributed by atoms with Crippen molar-refractivity contribution in [2.75, 3.05) is 0 Å². The molecule has 0 heterocycles. The molecule has 1 fully saturated rings. The zero-order valence-corrected chi connectivity index (χ0v) is 14.2. The molecule has 0 aromatic heterocycles. The Labute approximate surface area is 133 Å². The molecule has 0 spiro atoms. The van der Waals surface area contributed by atoms with Crippen molar-refractivity contribution in [1.82, 2.24) is 0 Å². The van der Waals surface area contributed by atoms with Crippen molar-refractivity contribution in [3.05, 3.63) is 32.5 Å². The van der Waals surface area contributed by atoms with Gasteiger partial charge in [-0.25, -0.2) is 4.39 Å². The summed E-state index contributed by atoms with van der Waals surface area (Å²) in [7, 11) is 0. The SMILES string of the molecule is CCC1(C)C(Br)CC1Oc1cc(F)c(Br)cc1[N+](=O)[O-]. The van der Waals surface area contributed by atoms with E-state index in [4.69, 9.17) is 4.74 Å². The number of nitro groups is 1. The molecule has 0 bridgehead atoms. The average Bonchev–Trinajstić information content (AvgIpc) is 2.40. The number of nitrogens with zero attached hydrogens (tertiary/aromatic N) is 1. The van der Waals surface area contributed by atoms with Gasteiger partial charge in [0.05, 0.1) is 9.40 Å². The first-order valence-electron chi connectivity index (χ1n) is 6.23. The third-order valence-corrected chi connectivity index (χ3v) is 6.13. The molecule has 1 saturated carbocycles. The molecule has 3 unspecified atom stereocenters. The van der Waals surface area contributed by atoms with E-state index in [-0.39, 0.29) is 27.4 Å². The number of halogens is 3. The Morgan fingerprint density at radius 2 is 2.25 bits per heavy atom. The predicted molar refractivity (Wildman–Crippen MR) is 80.9 cm³/mol. The van der Waals surface area contributed by atoms with E-state index < -0.39 is 10.7 Å². The van der Waals surface area contributed by atoms with Gasteiger partial charge in [-0.15, -0.1) is 0 Å². The quantitative estimate of drug-likeness (QED) is 0.406. The van der Waals surface area contributed by atoms with Gasteiger partial charge in [-0.05, 0) is 28.8 Å². The Kier molecular flexibility index (Phi) is 4.39. The van der Waals surface area contributed by atoms with Crippen LogP contribution in [0.5, 0.6) is 5.75 Å². The van der Waals surface area contributed by atoms with E-state index in [1.54, 1.807) is 0 Å². The van der Waals surface area contributed by atoms with E-state index in [1.807, 2.05) is 6.92 Å². The van der Waals surface area contributed by atoms with Gasteiger partial charge < -0.3 is 4.74 Å². The minimum absolute atomic E-state index is 0.0141. The fraction of sp³-hybridized carbons (Fsp3) is 0.538. The Bertz CT molecular complexity index is 555. The zero-order valence-electron chi connectivity index (χ0n) is 11.0. The van der Waals surface area contributed by atoms with E-state index in [0.717, 1.165) is 25.0 Å². The second kappa shape index (κ2) is 5.60. The molecular weight excluding hydrogens is 397 g/mol. The van der Waals surface area contributed by atoms with Crippen molar-refractivity contribution in [2.24, 2.45) is 5.41 Å². The monoisotopic (exact) mass is 409 g/mol. The second-order valence-corrected chi connectivity index (χ2v) is 7.12. The van der Waals surface area contributed by atoms with Gasteiger partial charge in [0.15, 0.2) is 5.75 Å². The van der Waals surface area contributed by atoms with Crippen molar-refractivity contribution >= 4 is 37.5 Å². The van der Waals surface area contributed by atoms with Gasteiger partial charge in [0.1, 0.15) is 11.9 Å². The molecular formula is C13H14Br2FNO3. The lowest BCUT2D eigenvalue weighted by Crippen LogP contribution is -2.54. The van der Waals surface area contributed by atoms with Crippen LogP contribution < -0.4 is 4.74 Å². The lowest BCUT2D eigenvalue weighted by molar-refractivity contribution is -0.386. The van der Waals surface area contributed by atoms with Crippen molar-refractivity contribution in [3.8, 4) is 5.75 Å². The van der Waals surface area contributed by atoms with Gasteiger partial charge in [-0.3, -0.25) is 10.1 Å². The summed E-state index contributed by atoms with van der Waals surface area (Å²) in [6.07, 6.45) is 1.47. The summed E-state index contributed by atoms with van der Waals surface area (Å²) in [5.41, 5.74) is -0.327. The van der Waals surface area contributed by atoms with Crippen LogP contribution in [-0.4, -0.2) is 15.9 Å². The van der Waals surface area contributed by atoms with Crippen molar-refractivity contribution in [3.63, 3.8) is 0 Å². The van der Waals surface area contributed by atoms with E-state index in [2.05, 4.69) is 38.8 Å². The molecule has 0 aliphatic heterocycles. The number of ether oxygens (including phenoxy) is 1. The molecule has 1 aliphatic carbocycles. The highest BCUT2D eigenvalue weighted by Gasteiger charge is 2.51. The van der Waals surface area contributed by atoms with Gasteiger partial charge >= 0.3 is 5.69 Å². The minimum Gasteiger partial charge on any atom is -0.483 e. The lowest BCUT2D eigenvalue weighted by atomic mass is 9.65. The number of hydrogen-bond acceptors (Lipinski definition) is 3. The van der Waals surface area contributed by atoms with E-state index in [9.17, 15) is 14.5 Å². The fourth-order valence-corrected chi connectivity index (χ4v) is 3.60. The lowest BCUT2D eigenvalue weighted by Gasteiger charge is -2.50. The number of hydrogen-bond donors (Lipinski definition) is 0. The summed E-state index contributed by atoms with van der Waals surface area (Å²) in [6.45, 7) is 4.10. The highest BCUT2D eigenvalue weighted by Crippen LogP contribution is 2.51. The fourth-order valence-electron chi connectivity index (χ4n) is 2.31. The van der Waals surface area contributed by atoms with Crippen LogP contribution in [0.15, 0.2) is 16.6 Å². The van der Waals surface area contributed by atoms with Crippen LogP contribution in [0.4, 0.5) is 10.1 Å². The smallest absolute Gasteiger partial charge is 0.312 e. The summed E-state index contributed by atoms with van der Waals surface area (Å²) in [4.78, 5) is 10.8. The highest BCUT2D eigenvalue weighted by atomic mass is 79.9. The Morgan fingerprint density at radius 1 is 1.60 bits per heavy atom. The third kappa shape index (κ3) is 2.57. The van der Waals surface area contributed by atoms with Crippen molar-refractivity contribution in [2.45, 2.75) is 37.6 Å². The maximum atomic E-state index is 13.6. The van der Waals surface area contributed by atoms with E-state index in [1.165, 1.54) is 0 Å². The summed E-state index contributed by atoms with van der Waals surface area (Å²) in [6, 6.07) is 2.21. The summed E-state index contributed by atoms with van der Waals surface area (Å²) in [5, 5.41) is 11.0. The number of rotatable bonds is 4. The third-order valence-electron chi connectivity index (χ3n) is 4.10. The molecule has 4 nitrogen and oxygen atoms in total. The van der Waals surface area contributed by atoms with Crippen LogP contribution in [0.3, 0.4) is 0 Å². The van der Waals surface area contributed by atoms with Crippen LogP contribution in [0, 0.1) is 21.3 Å². The Balaban J connectivity index is 2.30. The molecule has 1 aliphatic rings. The molecule has 0 saturated heterocycles.